The third-order valence-corrected chi connectivity index (χ3v) is 4.69. The summed E-state index contributed by atoms with van der Waals surface area (Å²) < 4.78 is 10.4. The third-order valence-electron chi connectivity index (χ3n) is 3.96. The molecule has 0 aliphatic rings. The molecular weight excluding hydrogens is 427 g/mol. The molecule has 8 heteroatoms. The molecule has 0 saturated heterocycles. The van der Waals surface area contributed by atoms with Gasteiger partial charge in [0.15, 0.2) is 0 Å². The molecule has 0 radical (unpaired) electrons. The molecule has 1 N–H and O–H groups in total. The van der Waals surface area contributed by atoms with E-state index in [1.54, 1.807) is 55.6 Å². The van der Waals surface area contributed by atoms with Crippen LogP contribution in [-0.4, -0.2) is 25.2 Å². The van der Waals surface area contributed by atoms with Crippen LogP contribution in [0.15, 0.2) is 71.8 Å². The van der Waals surface area contributed by atoms with Crippen molar-refractivity contribution >= 4 is 41.3 Å². The Morgan fingerprint density at radius 3 is 2.33 bits per heavy atom. The summed E-state index contributed by atoms with van der Waals surface area (Å²) in [5.41, 5.74) is 3.74. The van der Waals surface area contributed by atoms with Crippen LogP contribution in [0.2, 0.25) is 10.0 Å². The number of methoxy groups -OCH3 is 1. The zero-order chi connectivity index (χ0) is 21.5. The van der Waals surface area contributed by atoms with Crippen molar-refractivity contribution in [3.05, 3.63) is 93.5 Å². The van der Waals surface area contributed by atoms with Gasteiger partial charge >= 0.3 is 5.97 Å². The first-order chi connectivity index (χ1) is 14.5. The number of carbonyl (C=O) groups is 2. The molecule has 6 nitrogen and oxygen atoms in total. The lowest BCUT2D eigenvalue weighted by Crippen LogP contribution is -2.17. The lowest BCUT2D eigenvalue weighted by atomic mass is 10.2. The van der Waals surface area contributed by atoms with Gasteiger partial charge in [-0.1, -0.05) is 35.3 Å². The number of amides is 1. The Morgan fingerprint density at radius 1 is 0.900 bits per heavy atom. The van der Waals surface area contributed by atoms with Gasteiger partial charge in [-0.25, -0.2) is 10.2 Å². The fourth-order valence-corrected chi connectivity index (χ4v) is 2.72. The molecule has 0 spiro atoms. The summed E-state index contributed by atoms with van der Waals surface area (Å²) in [6, 6.07) is 17.8. The first-order valence-electron chi connectivity index (χ1n) is 8.71. The van der Waals surface area contributed by atoms with E-state index in [0.29, 0.717) is 33.2 Å². The van der Waals surface area contributed by atoms with E-state index in [0.717, 1.165) is 0 Å². The largest absolute Gasteiger partial charge is 0.497 e. The van der Waals surface area contributed by atoms with E-state index >= 15 is 0 Å². The van der Waals surface area contributed by atoms with Gasteiger partial charge in [-0.2, -0.15) is 5.10 Å². The van der Waals surface area contributed by atoms with Crippen molar-refractivity contribution in [2.24, 2.45) is 5.10 Å². The molecule has 0 atom stereocenters. The van der Waals surface area contributed by atoms with Gasteiger partial charge in [0, 0.05) is 5.56 Å². The molecule has 0 bridgehead atoms. The van der Waals surface area contributed by atoms with Crippen LogP contribution in [0, 0.1) is 0 Å². The lowest BCUT2D eigenvalue weighted by molar-refractivity contribution is 0.0734. The van der Waals surface area contributed by atoms with Gasteiger partial charge in [-0.05, 0) is 60.2 Å². The summed E-state index contributed by atoms with van der Waals surface area (Å²) in [6.07, 6.45) is 1.43. The average molecular weight is 443 g/mol. The van der Waals surface area contributed by atoms with Crippen molar-refractivity contribution in [3.63, 3.8) is 0 Å². The number of hydrazone groups is 1. The third kappa shape index (κ3) is 5.59. The maximum absolute atomic E-state index is 12.3. The Labute approximate surface area is 183 Å². The van der Waals surface area contributed by atoms with Gasteiger partial charge in [0.1, 0.15) is 11.5 Å². The molecule has 0 aliphatic carbocycles. The molecule has 3 aromatic rings. The number of esters is 1. The van der Waals surface area contributed by atoms with Crippen LogP contribution in [-0.2, 0) is 0 Å². The van der Waals surface area contributed by atoms with Crippen molar-refractivity contribution in [1.82, 2.24) is 5.43 Å². The van der Waals surface area contributed by atoms with E-state index in [4.69, 9.17) is 32.7 Å². The minimum Gasteiger partial charge on any atom is -0.497 e. The summed E-state index contributed by atoms with van der Waals surface area (Å²) in [4.78, 5) is 24.4. The molecule has 3 aromatic carbocycles. The number of ether oxygens (including phenoxy) is 2. The first-order valence-corrected chi connectivity index (χ1v) is 9.46. The highest BCUT2D eigenvalue weighted by atomic mass is 35.5. The predicted octanol–water partition coefficient (Wildman–Crippen LogP) is 4.99. The lowest BCUT2D eigenvalue weighted by Gasteiger charge is -2.06. The molecule has 0 aromatic heterocycles. The number of benzene rings is 3. The van der Waals surface area contributed by atoms with Gasteiger partial charge in [0.25, 0.3) is 5.91 Å². The molecule has 1 amide bonds. The Hall–Kier alpha value is -3.35. The van der Waals surface area contributed by atoms with Crippen LogP contribution in [0.5, 0.6) is 11.5 Å². The molecule has 152 valence electrons. The number of nitrogens with zero attached hydrogens (tertiary/aromatic N) is 1. The molecular formula is C22H16Cl2N2O4. The fraction of sp³-hybridized carbons (Fsp3) is 0.0455. The normalized spacial score (nSPS) is 10.6. The second-order valence-electron chi connectivity index (χ2n) is 6.02. The Balaban J connectivity index is 1.62. The molecule has 0 fully saturated rings. The van der Waals surface area contributed by atoms with E-state index in [2.05, 4.69) is 10.5 Å². The number of hydrogen-bond acceptors (Lipinski definition) is 5. The fourth-order valence-electron chi connectivity index (χ4n) is 2.42. The van der Waals surface area contributed by atoms with Crippen LogP contribution in [0.1, 0.15) is 26.3 Å². The second kappa shape index (κ2) is 9.91. The summed E-state index contributed by atoms with van der Waals surface area (Å²) in [5.74, 6) is 0.0508. The maximum atomic E-state index is 12.3. The monoisotopic (exact) mass is 442 g/mol. The number of rotatable bonds is 6. The first kappa shape index (κ1) is 21.4. The molecule has 30 heavy (non-hydrogen) atoms. The highest BCUT2D eigenvalue weighted by Gasteiger charge is 2.09. The molecule has 0 heterocycles. The van der Waals surface area contributed by atoms with Crippen LogP contribution in [0.4, 0.5) is 0 Å². The van der Waals surface area contributed by atoms with Crippen LogP contribution in [0.25, 0.3) is 0 Å². The summed E-state index contributed by atoms with van der Waals surface area (Å²) in [5, 5.41) is 4.55. The van der Waals surface area contributed by atoms with Gasteiger partial charge in [-0.15, -0.1) is 0 Å². The van der Waals surface area contributed by atoms with Gasteiger partial charge in [0.05, 0.1) is 28.9 Å². The SMILES string of the molecule is COc1ccc(C(=O)Oc2cccc(C=NNC(=O)c3ccc(Cl)c(Cl)c3)c2)cc1. The predicted molar refractivity (Wildman–Crippen MR) is 116 cm³/mol. The highest BCUT2D eigenvalue weighted by molar-refractivity contribution is 6.42. The van der Waals surface area contributed by atoms with E-state index < -0.39 is 11.9 Å². The number of halogens is 2. The summed E-state index contributed by atoms with van der Waals surface area (Å²) in [6.45, 7) is 0. The Morgan fingerprint density at radius 2 is 1.63 bits per heavy atom. The van der Waals surface area contributed by atoms with E-state index in [9.17, 15) is 9.59 Å². The second-order valence-corrected chi connectivity index (χ2v) is 6.83. The highest BCUT2D eigenvalue weighted by Crippen LogP contribution is 2.22. The zero-order valence-corrected chi connectivity index (χ0v) is 17.3. The zero-order valence-electron chi connectivity index (χ0n) is 15.8. The molecule has 0 saturated carbocycles. The number of hydrogen-bond donors (Lipinski definition) is 1. The van der Waals surface area contributed by atoms with Crippen LogP contribution >= 0.6 is 23.2 Å². The summed E-state index contributed by atoms with van der Waals surface area (Å²) >= 11 is 11.7. The minimum atomic E-state index is -0.500. The molecule has 0 aliphatic heterocycles. The molecule has 0 unspecified atom stereocenters. The molecule has 3 rings (SSSR count). The van der Waals surface area contributed by atoms with Crippen molar-refractivity contribution in [1.29, 1.82) is 0 Å². The van der Waals surface area contributed by atoms with Gasteiger partial charge in [-0.3, -0.25) is 4.79 Å². The van der Waals surface area contributed by atoms with E-state index in [-0.39, 0.29) is 5.02 Å². The maximum Gasteiger partial charge on any atom is 0.343 e. The quantitative estimate of drug-likeness (QED) is 0.252. The van der Waals surface area contributed by atoms with Crippen LogP contribution < -0.4 is 14.9 Å². The summed E-state index contributed by atoms with van der Waals surface area (Å²) in [7, 11) is 1.55. The van der Waals surface area contributed by atoms with Crippen molar-refractivity contribution in [2.45, 2.75) is 0 Å². The van der Waals surface area contributed by atoms with E-state index in [1.165, 1.54) is 24.4 Å². The van der Waals surface area contributed by atoms with Gasteiger partial charge in [0.2, 0.25) is 0 Å². The standard InChI is InChI=1S/C22H16Cl2N2O4/c1-29-17-8-5-15(6-9-17)22(28)30-18-4-2-3-14(11-18)13-25-26-21(27)16-7-10-19(23)20(24)12-16/h2-13H,1H3,(H,26,27). The Bertz CT molecular complexity index is 1100. The topological polar surface area (TPSA) is 77.0 Å². The number of carbonyl (C=O) groups excluding carboxylic acids is 2. The van der Waals surface area contributed by atoms with Crippen molar-refractivity contribution in [2.75, 3.05) is 7.11 Å². The average Bonchev–Trinajstić information content (AvgIpc) is 2.76. The van der Waals surface area contributed by atoms with Crippen LogP contribution in [0.3, 0.4) is 0 Å². The minimum absolute atomic E-state index is 0.277. The van der Waals surface area contributed by atoms with Gasteiger partial charge < -0.3 is 9.47 Å². The Kier molecular flexibility index (Phi) is 7.06. The van der Waals surface area contributed by atoms with Crippen molar-refractivity contribution in [3.8, 4) is 11.5 Å². The van der Waals surface area contributed by atoms with E-state index in [1.807, 2.05) is 0 Å². The number of nitrogens with one attached hydrogen (secondary N) is 1. The van der Waals surface area contributed by atoms with Crippen molar-refractivity contribution < 1.29 is 19.1 Å². The smallest absolute Gasteiger partial charge is 0.343 e.